The zero-order valence-corrected chi connectivity index (χ0v) is 11.2. The summed E-state index contributed by atoms with van der Waals surface area (Å²) >= 11 is 3.38. The summed E-state index contributed by atoms with van der Waals surface area (Å²) in [5.41, 5.74) is 4.61. The van der Waals surface area contributed by atoms with E-state index in [2.05, 4.69) is 37.4 Å². The van der Waals surface area contributed by atoms with Crippen molar-refractivity contribution >= 4 is 15.9 Å². The molecule has 3 nitrogen and oxygen atoms in total. The zero-order valence-electron chi connectivity index (χ0n) is 9.62. The third kappa shape index (κ3) is 2.81. The smallest absolute Gasteiger partial charge is 0.106 e. The number of hydrogen-bond donors (Lipinski definition) is 1. The summed E-state index contributed by atoms with van der Waals surface area (Å²) in [6.07, 6.45) is 7.10. The van der Waals surface area contributed by atoms with Gasteiger partial charge in [-0.3, -0.25) is 5.43 Å². The van der Waals surface area contributed by atoms with Crippen LogP contribution in [0, 0.1) is 0 Å². The van der Waals surface area contributed by atoms with Crippen molar-refractivity contribution in [3.63, 3.8) is 0 Å². The molecule has 4 heteroatoms. The van der Waals surface area contributed by atoms with Gasteiger partial charge in [-0.2, -0.15) is 0 Å². The quantitative estimate of drug-likeness (QED) is 0.846. The number of halogens is 1. The second kappa shape index (κ2) is 5.75. The van der Waals surface area contributed by atoms with Crippen LogP contribution in [0.5, 0.6) is 0 Å². The maximum atomic E-state index is 4.32. The van der Waals surface area contributed by atoms with Gasteiger partial charge >= 0.3 is 0 Å². The maximum Gasteiger partial charge on any atom is 0.106 e. The Labute approximate surface area is 105 Å². The van der Waals surface area contributed by atoms with Gasteiger partial charge in [-0.15, -0.1) is 0 Å². The van der Waals surface area contributed by atoms with E-state index >= 15 is 0 Å². The van der Waals surface area contributed by atoms with Crippen molar-refractivity contribution in [1.29, 1.82) is 0 Å². The fourth-order valence-corrected chi connectivity index (χ4v) is 2.54. The maximum absolute atomic E-state index is 4.32. The van der Waals surface area contributed by atoms with Crippen LogP contribution in [0.2, 0.25) is 0 Å². The summed E-state index contributed by atoms with van der Waals surface area (Å²) in [6.45, 7) is 1.12. The number of hydrazine groups is 1. The molecule has 1 aromatic heterocycles. The molecule has 16 heavy (non-hydrogen) atoms. The molecule has 0 amide bonds. The van der Waals surface area contributed by atoms with Crippen LogP contribution in [0.3, 0.4) is 0 Å². The molecule has 1 N–H and O–H groups in total. The highest BCUT2D eigenvalue weighted by molar-refractivity contribution is 9.10. The summed E-state index contributed by atoms with van der Waals surface area (Å²) in [5, 5.41) is 2.33. The Morgan fingerprint density at radius 1 is 1.38 bits per heavy atom. The van der Waals surface area contributed by atoms with Gasteiger partial charge in [0.2, 0.25) is 0 Å². The van der Waals surface area contributed by atoms with Crippen molar-refractivity contribution in [2.45, 2.75) is 31.7 Å². The topological polar surface area (TPSA) is 28.2 Å². The van der Waals surface area contributed by atoms with Crippen LogP contribution < -0.4 is 5.43 Å². The normalized spacial score (nSPS) is 23.0. The minimum atomic E-state index is 0.466. The van der Waals surface area contributed by atoms with Gasteiger partial charge in [0.05, 0.1) is 6.04 Å². The first-order valence-corrected chi connectivity index (χ1v) is 6.66. The molecule has 1 aliphatic rings. The highest BCUT2D eigenvalue weighted by Crippen LogP contribution is 2.28. The van der Waals surface area contributed by atoms with Gasteiger partial charge in [-0.1, -0.05) is 18.9 Å². The SMILES string of the molecule is CNN1CCCCC[C@@H]1c1ccc(Br)nc1. The van der Waals surface area contributed by atoms with E-state index in [-0.39, 0.29) is 0 Å². The summed E-state index contributed by atoms with van der Waals surface area (Å²) < 4.78 is 0.904. The summed E-state index contributed by atoms with van der Waals surface area (Å²) in [5.74, 6) is 0. The molecule has 0 radical (unpaired) electrons. The molecule has 0 aliphatic carbocycles. The average molecular weight is 284 g/mol. The number of aromatic nitrogens is 1. The predicted octanol–water partition coefficient (Wildman–Crippen LogP) is 2.90. The van der Waals surface area contributed by atoms with Crippen LogP contribution >= 0.6 is 15.9 Å². The molecule has 88 valence electrons. The lowest BCUT2D eigenvalue weighted by molar-refractivity contribution is 0.142. The summed E-state index contributed by atoms with van der Waals surface area (Å²) in [6, 6.07) is 4.65. The molecular formula is C12H18BrN3. The van der Waals surface area contributed by atoms with Gasteiger partial charge in [0, 0.05) is 12.7 Å². The Kier molecular flexibility index (Phi) is 4.32. The van der Waals surface area contributed by atoms with Crippen molar-refractivity contribution in [2.24, 2.45) is 0 Å². The largest absolute Gasteiger partial charge is 0.258 e. The fraction of sp³-hybridized carbons (Fsp3) is 0.583. The Hall–Kier alpha value is -0.450. The van der Waals surface area contributed by atoms with Crippen LogP contribution in [0.25, 0.3) is 0 Å². The third-order valence-corrected chi connectivity index (χ3v) is 3.64. The zero-order chi connectivity index (χ0) is 11.4. The minimum Gasteiger partial charge on any atom is -0.258 e. The highest BCUT2D eigenvalue weighted by Gasteiger charge is 2.21. The first-order valence-electron chi connectivity index (χ1n) is 5.87. The van der Waals surface area contributed by atoms with Gasteiger partial charge in [-0.25, -0.2) is 9.99 Å². The average Bonchev–Trinajstić information content (AvgIpc) is 2.55. The molecule has 0 spiro atoms. The lowest BCUT2D eigenvalue weighted by Crippen LogP contribution is -2.38. The third-order valence-electron chi connectivity index (χ3n) is 3.18. The summed E-state index contributed by atoms with van der Waals surface area (Å²) in [7, 11) is 2.00. The molecule has 0 aromatic carbocycles. The van der Waals surface area contributed by atoms with E-state index < -0.39 is 0 Å². The minimum absolute atomic E-state index is 0.466. The molecule has 1 aliphatic heterocycles. The van der Waals surface area contributed by atoms with E-state index in [1.54, 1.807) is 0 Å². The molecule has 2 heterocycles. The Bertz CT molecular complexity index is 326. The molecular weight excluding hydrogens is 266 g/mol. The number of rotatable bonds is 2. The van der Waals surface area contributed by atoms with Gasteiger partial charge in [0.15, 0.2) is 0 Å². The standard InChI is InChI=1S/C12H18BrN3/c1-14-16-8-4-2-3-5-11(16)10-6-7-12(13)15-9-10/h6-7,9,11,14H,2-5,8H2,1H3/t11-/m1/s1. The van der Waals surface area contributed by atoms with Crippen LogP contribution in [0.4, 0.5) is 0 Å². The van der Waals surface area contributed by atoms with Gasteiger partial charge < -0.3 is 0 Å². The van der Waals surface area contributed by atoms with Crippen molar-refractivity contribution in [1.82, 2.24) is 15.4 Å². The molecule has 1 atom stereocenters. The number of hydrogen-bond acceptors (Lipinski definition) is 3. The number of nitrogens with one attached hydrogen (secondary N) is 1. The number of nitrogens with zero attached hydrogens (tertiary/aromatic N) is 2. The molecule has 2 rings (SSSR count). The van der Waals surface area contributed by atoms with E-state index in [4.69, 9.17) is 0 Å². The van der Waals surface area contributed by atoms with Crippen molar-refractivity contribution < 1.29 is 0 Å². The van der Waals surface area contributed by atoms with E-state index in [0.29, 0.717) is 6.04 Å². The monoisotopic (exact) mass is 283 g/mol. The Morgan fingerprint density at radius 2 is 2.25 bits per heavy atom. The fourth-order valence-electron chi connectivity index (χ4n) is 2.31. The number of pyridine rings is 1. The Balaban J connectivity index is 2.18. The first kappa shape index (κ1) is 12.0. The van der Waals surface area contributed by atoms with Crippen molar-refractivity contribution in [3.05, 3.63) is 28.5 Å². The molecule has 1 saturated heterocycles. The van der Waals surface area contributed by atoms with Crippen molar-refractivity contribution in [2.75, 3.05) is 13.6 Å². The van der Waals surface area contributed by atoms with Gasteiger partial charge in [0.1, 0.15) is 4.60 Å². The van der Waals surface area contributed by atoms with E-state index in [9.17, 15) is 0 Å². The van der Waals surface area contributed by atoms with Crippen LogP contribution in [-0.2, 0) is 0 Å². The molecule has 0 bridgehead atoms. The van der Waals surface area contributed by atoms with Crippen molar-refractivity contribution in [3.8, 4) is 0 Å². The van der Waals surface area contributed by atoms with Crippen LogP contribution in [0.15, 0.2) is 22.9 Å². The van der Waals surface area contributed by atoms with E-state index in [1.807, 2.05) is 19.3 Å². The van der Waals surface area contributed by atoms with Crippen LogP contribution in [0.1, 0.15) is 37.3 Å². The molecule has 0 saturated carbocycles. The van der Waals surface area contributed by atoms with Gasteiger partial charge in [-0.05, 0) is 47.4 Å². The second-order valence-electron chi connectivity index (χ2n) is 4.20. The van der Waals surface area contributed by atoms with E-state index in [0.717, 1.165) is 11.1 Å². The lowest BCUT2D eigenvalue weighted by Gasteiger charge is -2.29. The second-order valence-corrected chi connectivity index (χ2v) is 5.01. The Morgan fingerprint density at radius 3 is 2.94 bits per heavy atom. The molecule has 0 unspecified atom stereocenters. The van der Waals surface area contributed by atoms with Crippen LogP contribution in [-0.4, -0.2) is 23.6 Å². The lowest BCUT2D eigenvalue weighted by atomic mass is 10.0. The molecule has 1 aromatic rings. The van der Waals surface area contributed by atoms with Gasteiger partial charge in [0.25, 0.3) is 0 Å². The predicted molar refractivity (Wildman–Crippen MR) is 68.9 cm³/mol. The first-order chi connectivity index (χ1) is 7.81. The van der Waals surface area contributed by atoms with E-state index in [1.165, 1.54) is 31.2 Å². The molecule has 1 fully saturated rings. The highest BCUT2D eigenvalue weighted by atomic mass is 79.9. The summed E-state index contributed by atoms with van der Waals surface area (Å²) in [4.78, 5) is 4.32.